The fraction of sp³-hybridized carbons (Fsp3) is 0.516. The summed E-state index contributed by atoms with van der Waals surface area (Å²) >= 11 is 0. The first-order valence-electron chi connectivity index (χ1n) is 28.8. The van der Waals surface area contributed by atoms with Crippen LogP contribution in [0, 0.1) is 16.7 Å². The van der Waals surface area contributed by atoms with Gasteiger partial charge < -0.3 is 46.4 Å². The number of ether oxygens (including phenoxy) is 1. The summed E-state index contributed by atoms with van der Waals surface area (Å²) in [4.78, 5) is 102. The molecule has 0 saturated carbocycles. The van der Waals surface area contributed by atoms with E-state index in [1.807, 2.05) is 116 Å². The van der Waals surface area contributed by atoms with Crippen LogP contribution >= 0.6 is 0 Å². The molecule has 428 valence electrons. The van der Waals surface area contributed by atoms with Crippen molar-refractivity contribution in [2.75, 3.05) is 13.6 Å². The van der Waals surface area contributed by atoms with E-state index in [2.05, 4.69) is 50.1 Å². The zero-order valence-corrected chi connectivity index (χ0v) is 48.5. The Morgan fingerprint density at radius 3 is 1.75 bits per heavy atom. The molecular weight excluding hydrogens is 1010 g/mol. The molecule has 8 rings (SSSR count). The first-order valence-corrected chi connectivity index (χ1v) is 28.8. The second-order valence-electron chi connectivity index (χ2n) is 24.8. The van der Waals surface area contributed by atoms with Gasteiger partial charge in [0, 0.05) is 37.0 Å². The minimum absolute atomic E-state index is 0.0713. The first-order chi connectivity index (χ1) is 38.0. The van der Waals surface area contributed by atoms with Gasteiger partial charge in [-0.2, -0.15) is 0 Å². The third kappa shape index (κ3) is 13.7. The summed E-state index contributed by atoms with van der Waals surface area (Å²) in [6.45, 7) is 17.3. The largest absolute Gasteiger partial charge is 0.489 e. The highest BCUT2D eigenvalue weighted by molar-refractivity contribution is 5.97. The lowest BCUT2D eigenvalue weighted by Crippen LogP contribution is -2.61. The van der Waals surface area contributed by atoms with Crippen LogP contribution in [0.2, 0.25) is 0 Å². The predicted molar refractivity (Wildman–Crippen MR) is 308 cm³/mol. The summed E-state index contributed by atoms with van der Waals surface area (Å²) in [5, 5.41) is 18.6. The maximum Gasteiger partial charge on any atom is 0.251 e. The van der Waals surface area contributed by atoms with Gasteiger partial charge in [0.05, 0.1) is 18.1 Å². The molecule has 80 heavy (non-hydrogen) atoms. The average molecular weight is 1090 g/mol. The average Bonchev–Trinajstić information content (AvgIpc) is 3.88. The third-order valence-corrected chi connectivity index (χ3v) is 16.8. The molecule has 2 heterocycles. The molecule has 0 radical (unpaired) electrons. The van der Waals surface area contributed by atoms with Crippen molar-refractivity contribution in [1.82, 2.24) is 41.7 Å². The van der Waals surface area contributed by atoms with Gasteiger partial charge in [0.15, 0.2) is 0 Å². The Labute approximate surface area is 472 Å². The highest BCUT2D eigenvalue weighted by atomic mass is 16.5. The molecule has 16 nitrogen and oxygen atoms in total. The fourth-order valence-corrected chi connectivity index (χ4v) is 11.6. The Balaban J connectivity index is 0.955. The highest BCUT2D eigenvalue weighted by Crippen LogP contribution is 2.35. The van der Waals surface area contributed by atoms with E-state index in [9.17, 15) is 33.6 Å². The topological polar surface area (TPSA) is 207 Å². The van der Waals surface area contributed by atoms with Gasteiger partial charge in [-0.15, -0.1) is 0 Å². The zero-order valence-electron chi connectivity index (χ0n) is 48.5. The number of carbonyl (C=O) groups is 7. The van der Waals surface area contributed by atoms with Gasteiger partial charge in [0.2, 0.25) is 35.4 Å². The lowest BCUT2D eigenvalue weighted by molar-refractivity contribution is -0.147. The van der Waals surface area contributed by atoms with Crippen LogP contribution in [0.15, 0.2) is 91.0 Å². The number of nitrogens with one attached hydrogen (secondary N) is 6. The number of carbonyl (C=O) groups excluding carboxylic acids is 7. The number of benzene rings is 4. The summed E-state index contributed by atoms with van der Waals surface area (Å²) in [6.07, 6.45) is 6.38. The van der Waals surface area contributed by atoms with E-state index < -0.39 is 53.0 Å². The van der Waals surface area contributed by atoms with Crippen LogP contribution < -0.4 is 36.6 Å². The van der Waals surface area contributed by atoms with Crippen LogP contribution in [0.25, 0.3) is 0 Å². The molecule has 1 unspecified atom stereocenters. The standard InChI is InChI=1S/C64H84N8O8/c1-11-38(2)56(73)69-54(63(4,5)6)61(78)71-35-45-32-47(31-30-44(45)33-52(71)59(76)67-50-24-16-20-41-18-12-14-22-48(41)50)80-37-40-26-28-43(29-27-40)58(75)66-46-34-53(60(77)68-51-25-17-21-42-19-13-15-23-49(42)51)72(36-46)62(79)55(64(7,8)9)70-57(74)39(3)65-10/h12-15,18-19,22-23,26-32,38-39,46,50-55,65H,11,16-17,20-21,24-25,33-37H2,1-10H3,(H,66,75)(H,67,76)(H,68,77)(H,69,73)(H,70,74)/t38-,39+,46+,50-,51-,52+,53?,54-,55-/m1/s1. The third-order valence-electron chi connectivity index (χ3n) is 16.8. The van der Waals surface area contributed by atoms with Gasteiger partial charge in [-0.05, 0) is 139 Å². The van der Waals surface area contributed by atoms with Crippen molar-refractivity contribution >= 4 is 41.4 Å². The normalized spacial score (nSPS) is 21.2. The van der Waals surface area contributed by atoms with Crippen molar-refractivity contribution in [2.24, 2.45) is 16.7 Å². The molecule has 2 aliphatic carbocycles. The molecule has 6 N–H and O–H groups in total. The number of hydrogen-bond acceptors (Lipinski definition) is 9. The van der Waals surface area contributed by atoms with E-state index in [1.165, 1.54) is 16.0 Å². The number of likely N-dealkylation sites (N-methyl/N-ethyl adjacent to an activating group) is 1. The summed E-state index contributed by atoms with van der Waals surface area (Å²) < 4.78 is 6.35. The van der Waals surface area contributed by atoms with Crippen molar-refractivity contribution < 1.29 is 38.3 Å². The number of aryl methyl sites for hydroxylation is 2. The molecule has 9 atom stereocenters. The van der Waals surface area contributed by atoms with Gasteiger partial charge in [-0.3, -0.25) is 33.6 Å². The van der Waals surface area contributed by atoms with Crippen molar-refractivity contribution in [3.8, 4) is 5.75 Å². The Morgan fingerprint density at radius 1 is 0.637 bits per heavy atom. The van der Waals surface area contributed by atoms with Crippen molar-refractivity contribution in [1.29, 1.82) is 0 Å². The monoisotopic (exact) mass is 1090 g/mol. The highest BCUT2D eigenvalue weighted by Gasteiger charge is 2.47. The fourth-order valence-electron chi connectivity index (χ4n) is 11.6. The summed E-state index contributed by atoms with van der Waals surface area (Å²) in [5.74, 6) is -1.89. The molecule has 0 bridgehead atoms. The van der Waals surface area contributed by atoms with Crippen LogP contribution in [-0.2, 0) is 61.2 Å². The summed E-state index contributed by atoms with van der Waals surface area (Å²) in [5.41, 5.74) is 6.16. The molecule has 4 aliphatic rings. The Kier molecular flexibility index (Phi) is 18.6. The molecule has 2 aliphatic heterocycles. The minimum atomic E-state index is -0.946. The number of rotatable bonds is 17. The molecule has 7 amide bonds. The van der Waals surface area contributed by atoms with Crippen LogP contribution in [0.1, 0.15) is 162 Å². The molecule has 4 aromatic rings. The lowest BCUT2D eigenvalue weighted by Gasteiger charge is -2.42. The molecular formula is C64H84N8O8. The molecule has 1 fully saturated rings. The SMILES string of the molecule is CC[C@@H](C)C(=O)N[C@H](C(=O)N1Cc2cc(OCc3ccc(C(=O)N[C@H]4CC(C(=O)N[C@@H]5CCCc6ccccc65)N(C(=O)[C@@H](NC(=O)[C@H](C)NC)C(C)(C)C)C4)cc3)ccc2C[C@H]1C(=O)N[C@@H]1CCCc2ccccc21)C(C)(C)C. The molecule has 1 saturated heterocycles. The molecule has 0 spiro atoms. The number of nitrogens with zero attached hydrogens (tertiary/aromatic N) is 2. The zero-order chi connectivity index (χ0) is 57.6. The second kappa shape index (κ2) is 25.2. The van der Waals surface area contributed by atoms with Crippen molar-refractivity contribution in [2.45, 2.75) is 182 Å². The van der Waals surface area contributed by atoms with Crippen LogP contribution in [-0.4, -0.2) is 101 Å². The number of hydrogen-bond donors (Lipinski definition) is 6. The summed E-state index contributed by atoms with van der Waals surface area (Å²) in [7, 11) is 1.67. The van der Waals surface area contributed by atoms with E-state index in [0.29, 0.717) is 17.7 Å². The Bertz CT molecular complexity index is 2930. The van der Waals surface area contributed by atoms with Crippen LogP contribution in [0.5, 0.6) is 5.75 Å². The van der Waals surface area contributed by atoms with Crippen molar-refractivity contribution in [3.05, 3.63) is 136 Å². The molecule has 0 aromatic heterocycles. The van der Waals surface area contributed by atoms with Gasteiger partial charge in [-0.1, -0.05) is 122 Å². The Hall–Kier alpha value is -7.07. The van der Waals surface area contributed by atoms with Crippen LogP contribution in [0.3, 0.4) is 0 Å². The van der Waals surface area contributed by atoms with E-state index in [4.69, 9.17) is 4.74 Å². The van der Waals surface area contributed by atoms with Gasteiger partial charge in [0.25, 0.3) is 5.91 Å². The van der Waals surface area contributed by atoms with Crippen LogP contribution in [0.4, 0.5) is 0 Å². The summed E-state index contributed by atoms with van der Waals surface area (Å²) in [6, 6.07) is 24.0. The lowest BCUT2D eigenvalue weighted by atomic mass is 9.83. The molecule has 4 aromatic carbocycles. The number of fused-ring (bicyclic) bond motifs is 3. The minimum Gasteiger partial charge on any atom is -0.489 e. The van der Waals surface area contributed by atoms with Crippen molar-refractivity contribution in [3.63, 3.8) is 0 Å². The van der Waals surface area contributed by atoms with E-state index in [-0.39, 0.29) is 86.0 Å². The maximum atomic E-state index is 14.9. The smallest absolute Gasteiger partial charge is 0.251 e. The maximum absolute atomic E-state index is 14.9. The van der Waals surface area contributed by atoms with E-state index in [0.717, 1.165) is 66.3 Å². The Morgan fingerprint density at radius 2 is 1.19 bits per heavy atom. The van der Waals surface area contributed by atoms with Gasteiger partial charge >= 0.3 is 0 Å². The molecule has 16 heteroatoms. The van der Waals surface area contributed by atoms with E-state index in [1.54, 1.807) is 31.0 Å². The van der Waals surface area contributed by atoms with Gasteiger partial charge in [-0.25, -0.2) is 0 Å². The van der Waals surface area contributed by atoms with Gasteiger partial charge in [0.1, 0.15) is 36.5 Å². The van der Waals surface area contributed by atoms with E-state index >= 15 is 0 Å². The number of likely N-dealkylation sites (tertiary alicyclic amines) is 1. The predicted octanol–water partition coefficient (Wildman–Crippen LogP) is 7.32. The first kappa shape index (κ1) is 59.1. The second-order valence-corrected chi connectivity index (χ2v) is 24.8. The quantitative estimate of drug-likeness (QED) is 0.0626. The number of amides is 7.